The molecule has 4 rings (SSSR count). The molecule has 2 saturated carbocycles. The number of ether oxygens (including phenoxy) is 4. The van der Waals surface area contributed by atoms with Crippen LogP contribution in [0.25, 0.3) is 0 Å². The second kappa shape index (κ2) is 7.61. The molecule has 6 unspecified atom stereocenters. The van der Waals surface area contributed by atoms with Crippen LogP contribution in [0.5, 0.6) is 0 Å². The molecule has 2 heterocycles. The molecule has 0 amide bonds. The molecule has 2 aliphatic heterocycles. The first-order valence-electron chi connectivity index (χ1n) is 10.3. The zero-order chi connectivity index (χ0) is 20.8. The highest BCUT2D eigenvalue weighted by molar-refractivity contribution is 8.00. The van der Waals surface area contributed by atoms with Crippen molar-refractivity contribution in [2.45, 2.75) is 63.1 Å². The van der Waals surface area contributed by atoms with Gasteiger partial charge in [-0.1, -0.05) is 6.42 Å². The molecule has 8 heteroatoms. The van der Waals surface area contributed by atoms with Gasteiger partial charge in [0, 0.05) is 31.3 Å². The van der Waals surface area contributed by atoms with Crippen LogP contribution in [0.1, 0.15) is 46.0 Å². The molecule has 3 fully saturated rings. The van der Waals surface area contributed by atoms with Gasteiger partial charge in [0.25, 0.3) is 0 Å². The van der Waals surface area contributed by atoms with Crippen molar-refractivity contribution in [1.82, 2.24) is 0 Å². The van der Waals surface area contributed by atoms with Gasteiger partial charge in [-0.2, -0.15) is 0 Å². The molecular formula is C21H28O7S. The van der Waals surface area contributed by atoms with Crippen molar-refractivity contribution in [3.8, 4) is 0 Å². The molecule has 29 heavy (non-hydrogen) atoms. The summed E-state index contributed by atoms with van der Waals surface area (Å²) < 4.78 is 21.4. The Kier molecular flexibility index (Phi) is 5.44. The number of carbonyl (C=O) groups excluding carboxylic acids is 3. The van der Waals surface area contributed by atoms with Crippen LogP contribution in [0.15, 0.2) is 11.6 Å². The van der Waals surface area contributed by atoms with Crippen LogP contribution in [0, 0.1) is 17.3 Å². The van der Waals surface area contributed by atoms with E-state index in [1.807, 2.05) is 6.92 Å². The Morgan fingerprint density at radius 2 is 2.14 bits per heavy atom. The largest absolute Gasteiger partial charge is 0.466 e. The molecule has 0 aromatic rings. The standard InChI is InChI=1S/C21H28O7S/c1-4-26-15(22)7-9-29-21-11-14-17-12(6-5-8-20(17,2)18(24)27-14)13(21)10-16(23)28-19(21)25-3/h10,12,14,17,19H,4-9,11H2,1-3H3. The van der Waals surface area contributed by atoms with Crippen molar-refractivity contribution in [3.63, 3.8) is 0 Å². The number of hydrogen-bond acceptors (Lipinski definition) is 8. The number of cyclic esters (lactones) is 1. The lowest BCUT2D eigenvalue weighted by Crippen LogP contribution is -2.59. The van der Waals surface area contributed by atoms with Crippen LogP contribution in [-0.2, 0) is 33.3 Å². The third-order valence-corrected chi connectivity index (χ3v) is 8.48. The molecule has 4 aliphatic rings. The van der Waals surface area contributed by atoms with Crippen molar-refractivity contribution >= 4 is 29.7 Å². The predicted molar refractivity (Wildman–Crippen MR) is 105 cm³/mol. The quantitative estimate of drug-likeness (QED) is 0.475. The maximum Gasteiger partial charge on any atom is 0.333 e. The summed E-state index contributed by atoms with van der Waals surface area (Å²) >= 11 is 1.55. The summed E-state index contributed by atoms with van der Waals surface area (Å²) in [6.07, 6.45) is 3.99. The van der Waals surface area contributed by atoms with E-state index in [0.29, 0.717) is 18.8 Å². The van der Waals surface area contributed by atoms with E-state index in [1.54, 1.807) is 24.8 Å². The van der Waals surface area contributed by atoms with Gasteiger partial charge in [-0.3, -0.25) is 9.59 Å². The number of thioether (sulfide) groups is 1. The SMILES string of the molecule is CCOC(=O)CCSC12CC3OC(=O)C4(C)CCCC(C1=CC(=O)OC2OC)C34. The van der Waals surface area contributed by atoms with E-state index in [9.17, 15) is 14.4 Å². The molecule has 7 nitrogen and oxygen atoms in total. The van der Waals surface area contributed by atoms with Gasteiger partial charge in [0.05, 0.1) is 18.4 Å². The second-order valence-electron chi connectivity index (χ2n) is 8.49. The summed E-state index contributed by atoms with van der Waals surface area (Å²) in [5.41, 5.74) is 0.486. The van der Waals surface area contributed by atoms with Crippen LogP contribution < -0.4 is 0 Å². The van der Waals surface area contributed by atoms with Crippen molar-refractivity contribution < 1.29 is 33.3 Å². The van der Waals surface area contributed by atoms with Crippen molar-refractivity contribution in [3.05, 3.63) is 11.6 Å². The average Bonchev–Trinajstić information content (AvgIpc) is 2.93. The summed E-state index contributed by atoms with van der Waals surface area (Å²) in [5, 5.41) is 0. The van der Waals surface area contributed by atoms with Gasteiger partial charge < -0.3 is 18.9 Å². The lowest BCUT2D eigenvalue weighted by atomic mass is 9.54. The van der Waals surface area contributed by atoms with Crippen LogP contribution in [0.4, 0.5) is 0 Å². The smallest absolute Gasteiger partial charge is 0.333 e. The fourth-order valence-corrected chi connectivity index (χ4v) is 7.37. The highest BCUT2D eigenvalue weighted by Gasteiger charge is 2.67. The minimum Gasteiger partial charge on any atom is -0.466 e. The van der Waals surface area contributed by atoms with Crippen LogP contribution >= 0.6 is 11.8 Å². The van der Waals surface area contributed by atoms with Gasteiger partial charge in [-0.05, 0) is 38.2 Å². The molecule has 160 valence electrons. The van der Waals surface area contributed by atoms with E-state index in [4.69, 9.17) is 18.9 Å². The summed E-state index contributed by atoms with van der Waals surface area (Å²) in [6, 6.07) is 0. The molecule has 2 aliphatic carbocycles. The number of hydrogen-bond donors (Lipinski definition) is 0. The Morgan fingerprint density at radius 3 is 2.86 bits per heavy atom. The van der Waals surface area contributed by atoms with E-state index >= 15 is 0 Å². The summed E-state index contributed by atoms with van der Waals surface area (Å²) in [5.74, 6) is -0.163. The molecule has 1 saturated heterocycles. The fourth-order valence-electron chi connectivity index (χ4n) is 5.80. The minimum absolute atomic E-state index is 0.0668. The number of fused-ring (bicyclic) bond motifs is 2. The van der Waals surface area contributed by atoms with Crippen LogP contribution in [-0.4, -0.2) is 54.5 Å². The predicted octanol–water partition coefficient (Wildman–Crippen LogP) is 2.62. The Balaban J connectivity index is 1.68. The van der Waals surface area contributed by atoms with Crippen molar-refractivity contribution in [1.29, 1.82) is 0 Å². The molecule has 6 atom stereocenters. The molecule has 0 spiro atoms. The lowest BCUT2D eigenvalue weighted by Gasteiger charge is -2.54. The lowest BCUT2D eigenvalue weighted by molar-refractivity contribution is -0.181. The zero-order valence-corrected chi connectivity index (χ0v) is 17.9. The molecule has 0 aromatic heterocycles. The molecule has 0 aromatic carbocycles. The number of esters is 3. The second-order valence-corrected chi connectivity index (χ2v) is 9.91. The number of methoxy groups -OCH3 is 1. The summed E-state index contributed by atoms with van der Waals surface area (Å²) in [6.45, 7) is 4.13. The van der Waals surface area contributed by atoms with Gasteiger partial charge in [-0.15, -0.1) is 11.8 Å². The van der Waals surface area contributed by atoms with Crippen LogP contribution in [0.3, 0.4) is 0 Å². The van der Waals surface area contributed by atoms with E-state index in [1.165, 1.54) is 7.11 Å². The van der Waals surface area contributed by atoms with E-state index in [-0.39, 0.29) is 36.3 Å². The minimum atomic E-state index is -0.782. The molecule has 0 bridgehead atoms. The van der Waals surface area contributed by atoms with Crippen molar-refractivity contribution in [2.75, 3.05) is 19.5 Å². The average molecular weight is 425 g/mol. The monoisotopic (exact) mass is 424 g/mol. The van der Waals surface area contributed by atoms with E-state index in [0.717, 1.165) is 24.8 Å². The Labute approximate surface area is 174 Å². The van der Waals surface area contributed by atoms with Gasteiger partial charge in [0.15, 0.2) is 0 Å². The molecule has 0 N–H and O–H groups in total. The number of carbonyl (C=O) groups is 3. The van der Waals surface area contributed by atoms with Gasteiger partial charge in [0.1, 0.15) is 10.9 Å². The summed E-state index contributed by atoms with van der Waals surface area (Å²) in [7, 11) is 1.52. The maximum atomic E-state index is 12.7. The molecular weight excluding hydrogens is 396 g/mol. The highest BCUT2D eigenvalue weighted by atomic mass is 32.2. The zero-order valence-electron chi connectivity index (χ0n) is 17.1. The maximum absolute atomic E-state index is 12.7. The third kappa shape index (κ3) is 3.19. The molecule has 0 radical (unpaired) electrons. The normalized spacial score (nSPS) is 40.3. The van der Waals surface area contributed by atoms with E-state index in [2.05, 4.69) is 0 Å². The Bertz CT molecular complexity index is 749. The first kappa shape index (κ1) is 20.7. The Hall–Kier alpha value is -1.54. The van der Waals surface area contributed by atoms with Gasteiger partial charge >= 0.3 is 17.9 Å². The third-order valence-electron chi connectivity index (χ3n) is 6.96. The first-order valence-corrected chi connectivity index (χ1v) is 11.3. The van der Waals surface area contributed by atoms with Gasteiger partial charge in [0.2, 0.25) is 6.29 Å². The van der Waals surface area contributed by atoms with Gasteiger partial charge in [-0.25, -0.2) is 4.79 Å². The summed E-state index contributed by atoms with van der Waals surface area (Å²) in [4.78, 5) is 36.9. The number of rotatable bonds is 6. The van der Waals surface area contributed by atoms with E-state index < -0.39 is 22.4 Å². The highest BCUT2D eigenvalue weighted by Crippen LogP contribution is 2.63. The van der Waals surface area contributed by atoms with Crippen LogP contribution in [0.2, 0.25) is 0 Å². The topological polar surface area (TPSA) is 88.1 Å². The van der Waals surface area contributed by atoms with Crippen molar-refractivity contribution in [2.24, 2.45) is 17.3 Å². The Morgan fingerprint density at radius 1 is 1.34 bits per heavy atom. The first-order chi connectivity index (χ1) is 13.9. The fraction of sp³-hybridized carbons (Fsp3) is 0.762.